The van der Waals surface area contributed by atoms with Gasteiger partial charge < -0.3 is 14.6 Å². The van der Waals surface area contributed by atoms with Gasteiger partial charge in [-0.15, -0.1) is 0 Å². The largest absolute Gasteiger partial charge is 0.449 e. The van der Waals surface area contributed by atoms with Gasteiger partial charge in [0.1, 0.15) is 11.6 Å². The minimum Gasteiger partial charge on any atom is -0.449 e. The van der Waals surface area contributed by atoms with Gasteiger partial charge in [-0.1, -0.05) is 5.16 Å². The molecule has 0 spiro atoms. The van der Waals surface area contributed by atoms with E-state index in [4.69, 9.17) is 9.26 Å². The lowest BCUT2D eigenvalue weighted by Gasteiger charge is -2.14. The first-order valence-corrected chi connectivity index (χ1v) is 9.07. The molecule has 1 fully saturated rings. The second-order valence-electron chi connectivity index (χ2n) is 6.98. The Bertz CT molecular complexity index is 1120. The zero-order valence-corrected chi connectivity index (χ0v) is 15.7. The Labute approximate surface area is 164 Å². The fourth-order valence-electron chi connectivity index (χ4n) is 2.97. The van der Waals surface area contributed by atoms with Gasteiger partial charge in [-0.2, -0.15) is 0 Å². The molecule has 1 aromatic carbocycles. The van der Waals surface area contributed by atoms with E-state index in [9.17, 15) is 18.4 Å². The van der Waals surface area contributed by atoms with Crippen molar-refractivity contribution in [3.8, 4) is 0 Å². The third-order valence-electron chi connectivity index (χ3n) is 4.69. The number of nitrogens with one attached hydrogen (secondary N) is 1. The van der Waals surface area contributed by atoms with Crippen LogP contribution in [0.1, 0.15) is 47.4 Å². The summed E-state index contributed by atoms with van der Waals surface area (Å²) in [5.41, 5.74) is 1.43. The molecule has 0 radical (unpaired) electrons. The fraction of sp³-hybridized carbons (Fsp3) is 0.300. The lowest BCUT2D eigenvalue weighted by molar-refractivity contribution is -0.123. The molecule has 2 heterocycles. The molecular formula is C20H17F2N3O4. The van der Waals surface area contributed by atoms with E-state index in [0.717, 1.165) is 25.0 Å². The number of aryl methyl sites for hydroxylation is 1. The highest BCUT2D eigenvalue weighted by molar-refractivity contribution is 6.04. The predicted molar refractivity (Wildman–Crippen MR) is 98.4 cm³/mol. The Kier molecular flexibility index (Phi) is 4.73. The average Bonchev–Trinajstić information content (AvgIpc) is 3.46. The zero-order valence-electron chi connectivity index (χ0n) is 15.7. The molecule has 1 N–H and O–H groups in total. The Hall–Kier alpha value is -3.36. The minimum absolute atomic E-state index is 0.211. The third kappa shape index (κ3) is 3.80. The van der Waals surface area contributed by atoms with Crippen molar-refractivity contribution in [1.29, 1.82) is 0 Å². The van der Waals surface area contributed by atoms with Crippen LogP contribution in [-0.4, -0.2) is 28.1 Å². The Morgan fingerprint density at radius 2 is 2.03 bits per heavy atom. The zero-order chi connectivity index (χ0) is 20.7. The molecule has 2 aromatic heterocycles. The molecule has 29 heavy (non-hydrogen) atoms. The summed E-state index contributed by atoms with van der Waals surface area (Å²) in [4.78, 5) is 29.4. The molecule has 1 saturated carbocycles. The van der Waals surface area contributed by atoms with Gasteiger partial charge in [-0.05, 0) is 44.9 Å². The van der Waals surface area contributed by atoms with Gasteiger partial charge in [-0.25, -0.2) is 18.6 Å². The van der Waals surface area contributed by atoms with Gasteiger partial charge in [0.2, 0.25) is 0 Å². The summed E-state index contributed by atoms with van der Waals surface area (Å²) in [6.45, 7) is 3.03. The summed E-state index contributed by atoms with van der Waals surface area (Å²) in [5.74, 6) is -2.93. The lowest BCUT2D eigenvalue weighted by Crippen LogP contribution is -2.30. The number of carbonyl (C=O) groups is 2. The van der Waals surface area contributed by atoms with E-state index in [1.807, 2.05) is 0 Å². The fourth-order valence-corrected chi connectivity index (χ4v) is 2.97. The molecule has 4 rings (SSSR count). The lowest BCUT2D eigenvalue weighted by atomic mass is 10.1. The van der Waals surface area contributed by atoms with E-state index in [-0.39, 0.29) is 22.9 Å². The molecule has 0 bridgehead atoms. The number of halogens is 2. The van der Waals surface area contributed by atoms with Gasteiger partial charge in [0.05, 0.1) is 22.3 Å². The number of benzene rings is 1. The predicted octanol–water partition coefficient (Wildman–Crippen LogP) is 3.87. The maximum absolute atomic E-state index is 13.7. The number of carbonyl (C=O) groups excluding carboxylic acids is 2. The molecule has 9 heteroatoms. The first-order chi connectivity index (χ1) is 13.8. The van der Waals surface area contributed by atoms with E-state index in [2.05, 4.69) is 15.5 Å². The maximum atomic E-state index is 13.7. The third-order valence-corrected chi connectivity index (χ3v) is 4.69. The quantitative estimate of drug-likeness (QED) is 0.652. The van der Waals surface area contributed by atoms with Gasteiger partial charge in [-0.3, -0.25) is 4.79 Å². The molecule has 1 atom stereocenters. The Morgan fingerprint density at radius 1 is 1.28 bits per heavy atom. The number of esters is 1. The summed E-state index contributed by atoms with van der Waals surface area (Å²) < 4.78 is 37.2. The van der Waals surface area contributed by atoms with Crippen molar-refractivity contribution >= 4 is 28.7 Å². The standard InChI is InChI=1S/C20H17F2N3O4/c1-9-17-13(8-16(11-3-4-11)24-19(17)29-25-9)20(27)28-10(2)18(26)23-15-6-5-12(21)7-14(15)22/h5-8,10-11H,3-4H2,1-2H3,(H,23,26)/t10-/m0/s1. The number of nitrogens with zero attached hydrogens (tertiary/aromatic N) is 2. The maximum Gasteiger partial charge on any atom is 0.339 e. The molecule has 7 nitrogen and oxygen atoms in total. The van der Waals surface area contributed by atoms with Crippen molar-refractivity contribution in [2.24, 2.45) is 0 Å². The monoisotopic (exact) mass is 401 g/mol. The normalized spacial score (nSPS) is 14.6. The number of aromatic nitrogens is 2. The van der Waals surface area contributed by atoms with Crippen molar-refractivity contribution in [1.82, 2.24) is 10.1 Å². The minimum atomic E-state index is -1.22. The van der Waals surface area contributed by atoms with Gasteiger partial charge >= 0.3 is 5.97 Å². The van der Waals surface area contributed by atoms with E-state index in [1.165, 1.54) is 6.92 Å². The number of ether oxygens (including phenoxy) is 1. The topological polar surface area (TPSA) is 94.3 Å². The number of anilines is 1. The van der Waals surface area contributed by atoms with E-state index in [1.54, 1.807) is 13.0 Å². The first-order valence-electron chi connectivity index (χ1n) is 9.07. The summed E-state index contributed by atoms with van der Waals surface area (Å²) in [5, 5.41) is 6.55. The number of pyridine rings is 1. The second kappa shape index (κ2) is 7.23. The van der Waals surface area contributed by atoms with Crippen molar-refractivity contribution in [3.05, 3.63) is 52.9 Å². The average molecular weight is 401 g/mol. The van der Waals surface area contributed by atoms with E-state index >= 15 is 0 Å². The van der Waals surface area contributed by atoms with Crippen LogP contribution in [0.2, 0.25) is 0 Å². The molecule has 0 saturated heterocycles. The molecule has 0 unspecified atom stereocenters. The Balaban J connectivity index is 1.54. The van der Waals surface area contributed by atoms with Crippen LogP contribution in [0, 0.1) is 18.6 Å². The number of fused-ring (bicyclic) bond motifs is 1. The van der Waals surface area contributed by atoms with Crippen LogP contribution in [0.4, 0.5) is 14.5 Å². The van der Waals surface area contributed by atoms with Crippen molar-refractivity contribution < 1.29 is 27.6 Å². The number of hydrogen-bond acceptors (Lipinski definition) is 6. The summed E-state index contributed by atoms with van der Waals surface area (Å²) >= 11 is 0. The highest BCUT2D eigenvalue weighted by Gasteiger charge is 2.30. The molecular weight excluding hydrogens is 384 g/mol. The number of rotatable bonds is 5. The molecule has 1 aliphatic rings. The first kappa shape index (κ1) is 19.0. The smallest absolute Gasteiger partial charge is 0.339 e. The van der Waals surface area contributed by atoms with Crippen LogP contribution in [0.25, 0.3) is 11.1 Å². The molecule has 150 valence electrons. The summed E-state index contributed by atoms with van der Waals surface area (Å²) in [6.07, 6.45) is 0.726. The number of amides is 1. The van der Waals surface area contributed by atoms with Crippen LogP contribution in [0.3, 0.4) is 0 Å². The Morgan fingerprint density at radius 3 is 2.72 bits per heavy atom. The van der Waals surface area contributed by atoms with E-state index < -0.39 is 29.6 Å². The van der Waals surface area contributed by atoms with Crippen molar-refractivity contribution in [2.75, 3.05) is 5.32 Å². The highest BCUT2D eigenvalue weighted by atomic mass is 19.1. The van der Waals surface area contributed by atoms with Crippen LogP contribution in [0.15, 0.2) is 28.8 Å². The highest BCUT2D eigenvalue weighted by Crippen LogP contribution is 2.40. The summed E-state index contributed by atoms with van der Waals surface area (Å²) in [7, 11) is 0. The van der Waals surface area contributed by atoms with E-state index in [0.29, 0.717) is 22.8 Å². The summed E-state index contributed by atoms with van der Waals surface area (Å²) in [6, 6.07) is 4.38. The molecule has 1 aliphatic carbocycles. The number of hydrogen-bond donors (Lipinski definition) is 1. The van der Waals surface area contributed by atoms with Crippen molar-refractivity contribution in [2.45, 2.75) is 38.7 Å². The van der Waals surface area contributed by atoms with Crippen LogP contribution < -0.4 is 5.32 Å². The van der Waals surface area contributed by atoms with Gasteiger partial charge in [0.15, 0.2) is 6.10 Å². The molecule has 1 amide bonds. The van der Waals surface area contributed by atoms with Gasteiger partial charge in [0, 0.05) is 17.7 Å². The SMILES string of the molecule is Cc1noc2nc(C3CC3)cc(C(=O)O[C@@H](C)C(=O)Nc3ccc(F)cc3F)c12. The van der Waals surface area contributed by atoms with Crippen LogP contribution in [0.5, 0.6) is 0 Å². The van der Waals surface area contributed by atoms with Crippen molar-refractivity contribution in [3.63, 3.8) is 0 Å². The van der Waals surface area contributed by atoms with Gasteiger partial charge in [0.25, 0.3) is 11.6 Å². The second-order valence-corrected chi connectivity index (χ2v) is 6.98. The molecule has 3 aromatic rings. The van der Waals surface area contributed by atoms with Crippen LogP contribution in [-0.2, 0) is 9.53 Å². The van der Waals surface area contributed by atoms with Crippen LogP contribution >= 0.6 is 0 Å². The molecule has 0 aliphatic heterocycles.